The second-order valence-electron chi connectivity index (χ2n) is 4.84. The van der Waals surface area contributed by atoms with E-state index in [1.165, 1.54) is 6.08 Å². The van der Waals surface area contributed by atoms with Gasteiger partial charge in [0.1, 0.15) is 0 Å². The number of nitrogens with one attached hydrogen (secondary N) is 1. The molecule has 6 heteroatoms. The Bertz CT molecular complexity index is 792. The van der Waals surface area contributed by atoms with Gasteiger partial charge in [-0.25, -0.2) is 8.42 Å². The lowest BCUT2D eigenvalue weighted by molar-refractivity contribution is 0.609. The quantitative estimate of drug-likeness (QED) is 0.913. The van der Waals surface area contributed by atoms with E-state index in [9.17, 15) is 12.6 Å². The molecule has 0 aromatic heterocycles. The van der Waals surface area contributed by atoms with Crippen LogP contribution in [0.1, 0.15) is 11.1 Å². The molecule has 2 aromatic rings. The van der Waals surface area contributed by atoms with Crippen molar-refractivity contribution in [3.8, 4) is 0 Å². The van der Waals surface area contributed by atoms with Gasteiger partial charge >= 0.3 is 0 Å². The predicted octanol–water partition coefficient (Wildman–Crippen LogP) is 3.15. The Morgan fingerprint density at radius 2 is 1.59 bits per heavy atom. The number of hydrogen-bond acceptors (Lipinski definition) is 3. The Morgan fingerprint density at radius 3 is 2.14 bits per heavy atom. The molecule has 0 aliphatic carbocycles. The van der Waals surface area contributed by atoms with E-state index in [-0.39, 0.29) is 0 Å². The molecule has 0 bridgehead atoms. The second kappa shape index (κ2) is 6.89. The Balaban J connectivity index is 2.10. The first-order valence-electron chi connectivity index (χ1n) is 6.57. The Kier molecular flexibility index (Phi) is 5.15. The van der Waals surface area contributed by atoms with Crippen LogP contribution in [0.3, 0.4) is 0 Å². The summed E-state index contributed by atoms with van der Waals surface area (Å²) in [6.07, 6.45) is 3.11. The van der Waals surface area contributed by atoms with Crippen LogP contribution in [0.2, 0.25) is 0 Å². The van der Waals surface area contributed by atoms with Crippen LogP contribution in [0.5, 0.6) is 0 Å². The fraction of sp³-hybridized carbons (Fsp3) is 0.125. The van der Waals surface area contributed by atoms with Gasteiger partial charge in [-0.2, -0.15) is 0 Å². The molecule has 0 unspecified atom stereocenters. The van der Waals surface area contributed by atoms with Gasteiger partial charge in [-0.3, -0.25) is 8.93 Å². The maximum Gasteiger partial charge on any atom is 0.255 e. The highest BCUT2D eigenvalue weighted by molar-refractivity contribution is 7.95. The van der Waals surface area contributed by atoms with Gasteiger partial charge in [0.05, 0.1) is 5.41 Å². The van der Waals surface area contributed by atoms with Crippen molar-refractivity contribution in [3.05, 3.63) is 65.1 Å². The van der Waals surface area contributed by atoms with Gasteiger partial charge in [0.25, 0.3) is 10.0 Å². The van der Waals surface area contributed by atoms with Crippen molar-refractivity contribution in [1.29, 1.82) is 0 Å². The fourth-order valence-corrected chi connectivity index (χ4v) is 3.15. The van der Waals surface area contributed by atoms with Crippen LogP contribution in [-0.2, 0) is 20.8 Å². The lowest BCUT2D eigenvalue weighted by atomic mass is 10.2. The van der Waals surface area contributed by atoms with Crippen molar-refractivity contribution >= 4 is 32.6 Å². The molecular weight excluding hydrogens is 318 g/mol. The molecule has 2 rings (SSSR count). The molecule has 1 atom stereocenters. The monoisotopic (exact) mass is 335 g/mol. The number of anilines is 1. The SMILES string of the molecule is Cc1ccc(/C=C\S(=O)(=O)Nc2ccc([S@@](C)=O)cc2)cc1. The number of benzene rings is 2. The summed E-state index contributed by atoms with van der Waals surface area (Å²) in [4.78, 5) is 0.651. The zero-order chi connectivity index (χ0) is 16.2. The maximum atomic E-state index is 12.0. The van der Waals surface area contributed by atoms with Crippen molar-refractivity contribution in [3.63, 3.8) is 0 Å². The summed E-state index contributed by atoms with van der Waals surface area (Å²) < 4.78 is 37.7. The summed E-state index contributed by atoms with van der Waals surface area (Å²) in [5, 5.41) is 1.13. The van der Waals surface area contributed by atoms with Crippen LogP contribution in [0.25, 0.3) is 6.08 Å². The first-order chi connectivity index (χ1) is 10.4. The average Bonchev–Trinajstić information content (AvgIpc) is 2.47. The van der Waals surface area contributed by atoms with Gasteiger partial charge < -0.3 is 0 Å². The molecule has 0 heterocycles. The third-order valence-corrected chi connectivity index (χ3v) is 4.91. The molecule has 2 aromatic carbocycles. The van der Waals surface area contributed by atoms with Crippen LogP contribution in [0, 0.1) is 6.92 Å². The van der Waals surface area contributed by atoms with Gasteiger partial charge in [-0.05, 0) is 42.8 Å². The average molecular weight is 335 g/mol. The van der Waals surface area contributed by atoms with Crippen LogP contribution in [-0.4, -0.2) is 18.9 Å². The third kappa shape index (κ3) is 4.82. The van der Waals surface area contributed by atoms with E-state index in [0.29, 0.717) is 10.6 Å². The number of sulfonamides is 1. The topological polar surface area (TPSA) is 63.2 Å². The number of aryl methyl sites for hydroxylation is 1. The molecule has 1 N–H and O–H groups in total. The van der Waals surface area contributed by atoms with Crippen molar-refractivity contribution in [2.24, 2.45) is 0 Å². The van der Waals surface area contributed by atoms with Crippen molar-refractivity contribution in [2.75, 3.05) is 11.0 Å². The highest BCUT2D eigenvalue weighted by atomic mass is 32.2. The Hall–Kier alpha value is -1.92. The van der Waals surface area contributed by atoms with E-state index in [2.05, 4.69) is 4.72 Å². The third-order valence-electron chi connectivity index (χ3n) is 2.96. The largest absolute Gasteiger partial charge is 0.280 e. The van der Waals surface area contributed by atoms with Crippen molar-refractivity contribution in [1.82, 2.24) is 0 Å². The van der Waals surface area contributed by atoms with E-state index >= 15 is 0 Å². The molecular formula is C16H17NO3S2. The summed E-state index contributed by atoms with van der Waals surface area (Å²) in [5.41, 5.74) is 2.36. The Labute approximate surface area is 133 Å². The lowest BCUT2D eigenvalue weighted by Gasteiger charge is -2.05. The predicted molar refractivity (Wildman–Crippen MR) is 91.5 cm³/mol. The van der Waals surface area contributed by atoms with Crippen LogP contribution >= 0.6 is 0 Å². The zero-order valence-electron chi connectivity index (χ0n) is 12.3. The number of rotatable bonds is 5. The lowest BCUT2D eigenvalue weighted by Crippen LogP contribution is -2.08. The molecule has 0 spiro atoms. The molecule has 0 radical (unpaired) electrons. The summed E-state index contributed by atoms with van der Waals surface area (Å²) >= 11 is 0. The minimum atomic E-state index is -3.58. The van der Waals surface area contributed by atoms with Gasteiger partial charge in [0.2, 0.25) is 0 Å². The minimum Gasteiger partial charge on any atom is -0.280 e. The summed E-state index contributed by atoms with van der Waals surface area (Å²) in [6.45, 7) is 1.97. The normalized spacial score (nSPS) is 13.2. The molecule has 0 aliphatic rings. The zero-order valence-corrected chi connectivity index (χ0v) is 13.9. The molecule has 0 saturated heterocycles. The highest BCUT2D eigenvalue weighted by Crippen LogP contribution is 2.14. The molecule has 0 saturated carbocycles. The van der Waals surface area contributed by atoms with E-state index in [4.69, 9.17) is 0 Å². The maximum absolute atomic E-state index is 12.0. The molecule has 0 fully saturated rings. The molecule has 22 heavy (non-hydrogen) atoms. The smallest absolute Gasteiger partial charge is 0.255 e. The second-order valence-corrected chi connectivity index (χ2v) is 7.78. The van der Waals surface area contributed by atoms with Crippen molar-refractivity contribution < 1.29 is 12.6 Å². The molecule has 0 amide bonds. The van der Waals surface area contributed by atoms with Crippen LogP contribution in [0.15, 0.2) is 58.8 Å². The van der Waals surface area contributed by atoms with E-state index < -0.39 is 20.8 Å². The Morgan fingerprint density at radius 1 is 1.00 bits per heavy atom. The van der Waals surface area contributed by atoms with E-state index in [1.807, 2.05) is 31.2 Å². The summed E-state index contributed by atoms with van der Waals surface area (Å²) in [6, 6.07) is 14.0. The van der Waals surface area contributed by atoms with Gasteiger partial charge in [-0.1, -0.05) is 29.8 Å². The molecule has 0 aliphatic heterocycles. The van der Waals surface area contributed by atoms with E-state index in [1.54, 1.807) is 30.5 Å². The van der Waals surface area contributed by atoms with Crippen molar-refractivity contribution in [2.45, 2.75) is 11.8 Å². The molecule has 4 nitrogen and oxygen atoms in total. The van der Waals surface area contributed by atoms with Gasteiger partial charge in [0, 0.05) is 27.6 Å². The first-order valence-corrected chi connectivity index (χ1v) is 9.67. The van der Waals surface area contributed by atoms with Gasteiger partial charge in [-0.15, -0.1) is 0 Å². The van der Waals surface area contributed by atoms with E-state index in [0.717, 1.165) is 16.5 Å². The standard InChI is InChI=1S/C16H17NO3S2/c1-13-3-5-14(6-4-13)11-12-22(19,20)17-15-7-9-16(10-8-15)21(2)18/h3-12,17H,1-2H3/b12-11-/t21-/m1/s1. The summed E-state index contributed by atoms with van der Waals surface area (Å²) in [5.74, 6) is 0. The highest BCUT2D eigenvalue weighted by Gasteiger charge is 2.06. The van der Waals surface area contributed by atoms with Crippen LogP contribution < -0.4 is 4.72 Å². The number of hydrogen-bond donors (Lipinski definition) is 1. The first kappa shape index (κ1) is 16.5. The summed E-state index contributed by atoms with van der Waals surface area (Å²) in [7, 11) is -4.66. The fourth-order valence-electron chi connectivity index (χ4n) is 1.76. The van der Waals surface area contributed by atoms with Crippen LogP contribution in [0.4, 0.5) is 5.69 Å². The van der Waals surface area contributed by atoms with Gasteiger partial charge in [0.15, 0.2) is 0 Å². The molecule has 116 valence electrons. The minimum absolute atomic E-state index is 0.433.